The van der Waals surface area contributed by atoms with Crippen LogP contribution in [-0.4, -0.2) is 39.8 Å². The van der Waals surface area contributed by atoms with E-state index in [2.05, 4.69) is 0 Å². The molecule has 9 heteroatoms. The lowest BCUT2D eigenvalue weighted by Crippen LogP contribution is -2.35. The molecule has 0 spiro atoms. The van der Waals surface area contributed by atoms with E-state index in [-0.39, 0.29) is 16.8 Å². The Morgan fingerprint density at radius 1 is 1.33 bits per heavy atom. The first-order chi connectivity index (χ1) is 11.2. The fourth-order valence-electron chi connectivity index (χ4n) is 1.89. The molecule has 1 heterocycles. The summed E-state index contributed by atoms with van der Waals surface area (Å²) < 4.78 is 6.25. The second-order valence-electron chi connectivity index (χ2n) is 5.14. The van der Waals surface area contributed by atoms with Crippen molar-refractivity contribution >= 4 is 80.1 Å². The molecule has 1 aromatic rings. The van der Waals surface area contributed by atoms with Gasteiger partial charge in [-0.15, -0.1) is 0 Å². The van der Waals surface area contributed by atoms with Gasteiger partial charge < -0.3 is 9.84 Å². The van der Waals surface area contributed by atoms with Crippen molar-refractivity contribution in [3.8, 4) is 5.75 Å². The van der Waals surface area contributed by atoms with Crippen LogP contribution >= 0.6 is 56.9 Å². The molecule has 1 aliphatic rings. The Labute approximate surface area is 170 Å². The highest BCUT2D eigenvalue weighted by Crippen LogP contribution is 2.34. The molecular weight excluding hydrogens is 560 g/mol. The molecule has 6 nitrogen and oxygen atoms in total. The van der Waals surface area contributed by atoms with Gasteiger partial charge in [0.15, 0.2) is 0 Å². The summed E-state index contributed by atoms with van der Waals surface area (Å²) in [6.07, 6.45) is 1.26. The number of nitrogens with zero attached hydrogens (tertiary/aromatic N) is 1. The minimum Gasteiger partial charge on any atom is -0.506 e. The van der Waals surface area contributed by atoms with E-state index in [1.165, 1.54) is 0 Å². The van der Waals surface area contributed by atoms with E-state index >= 15 is 0 Å². The molecule has 0 aromatic heterocycles. The lowest BCUT2D eigenvalue weighted by atomic mass is 10.2. The highest BCUT2D eigenvalue weighted by atomic mass is 127. The maximum absolute atomic E-state index is 12.3. The average molecular weight is 573 g/mol. The second kappa shape index (κ2) is 8.04. The smallest absolute Gasteiger partial charge is 0.326 e. The Bertz CT molecular complexity index is 724. The van der Waals surface area contributed by atoms with Gasteiger partial charge in [-0.25, -0.2) is 0 Å². The number of benzene rings is 1. The number of halogens is 2. The number of aromatic hydroxyl groups is 1. The molecule has 1 saturated heterocycles. The van der Waals surface area contributed by atoms with E-state index in [1.807, 2.05) is 45.2 Å². The zero-order valence-corrected chi connectivity index (χ0v) is 17.8. The van der Waals surface area contributed by atoms with E-state index in [1.54, 1.807) is 32.1 Å². The third-order valence-electron chi connectivity index (χ3n) is 2.86. The second-order valence-corrected chi connectivity index (χ2v) is 8.46. The van der Waals surface area contributed by atoms with Crippen LogP contribution in [0.2, 0.25) is 0 Å². The van der Waals surface area contributed by atoms with Gasteiger partial charge in [-0.2, -0.15) is 0 Å². The zero-order valence-electron chi connectivity index (χ0n) is 12.7. The molecule has 2 rings (SSSR count). The van der Waals surface area contributed by atoms with Gasteiger partial charge in [0.1, 0.15) is 12.3 Å². The molecule has 1 fully saturated rings. The molecular formula is C15H13I2NO5S. The van der Waals surface area contributed by atoms with Gasteiger partial charge in [-0.1, -0.05) is 0 Å². The van der Waals surface area contributed by atoms with Crippen LogP contribution in [0.4, 0.5) is 4.79 Å². The molecule has 24 heavy (non-hydrogen) atoms. The molecule has 1 aromatic carbocycles. The first-order valence-corrected chi connectivity index (χ1v) is 9.79. The SMILES string of the molecule is CC(C)OC(=O)CN1C(=O)S/C(=C/c2cc(I)c(O)c(I)c2)C1=O. The van der Waals surface area contributed by atoms with Gasteiger partial charge >= 0.3 is 5.97 Å². The maximum Gasteiger partial charge on any atom is 0.326 e. The minimum absolute atomic E-state index is 0.179. The Kier molecular flexibility index (Phi) is 6.53. The fraction of sp³-hybridized carbons (Fsp3) is 0.267. The molecule has 1 N–H and O–H groups in total. The predicted octanol–water partition coefficient (Wildman–Crippen LogP) is 3.59. The molecule has 1 aliphatic heterocycles. The van der Waals surface area contributed by atoms with Gasteiger partial charge in [-0.05, 0) is 94.6 Å². The van der Waals surface area contributed by atoms with Gasteiger partial charge in [0, 0.05) is 0 Å². The number of ether oxygens (including phenoxy) is 1. The Morgan fingerprint density at radius 2 is 1.92 bits per heavy atom. The van der Waals surface area contributed by atoms with E-state index < -0.39 is 23.7 Å². The Balaban J connectivity index is 2.20. The van der Waals surface area contributed by atoms with Crippen LogP contribution in [0, 0.1) is 7.14 Å². The zero-order chi connectivity index (χ0) is 18.0. The van der Waals surface area contributed by atoms with E-state index in [0.717, 1.165) is 16.7 Å². The highest BCUT2D eigenvalue weighted by Gasteiger charge is 2.36. The fourth-order valence-corrected chi connectivity index (χ4v) is 4.54. The summed E-state index contributed by atoms with van der Waals surface area (Å²) in [4.78, 5) is 37.1. The van der Waals surface area contributed by atoms with E-state index in [4.69, 9.17) is 4.74 Å². The highest BCUT2D eigenvalue weighted by molar-refractivity contribution is 14.1. The van der Waals surface area contributed by atoms with Crippen molar-refractivity contribution in [1.82, 2.24) is 4.90 Å². The Hall–Kier alpha value is -0.820. The molecule has 0 saturated carbocycles. The number of rotatable bonds is 4. The minimum atomic E-state index is -0.623. The molecule has 0 aliphatic carbocycles. The topological polar surface area (TPSA) is 83.9 Å². The number of esters is 1. The summed E-state index contributed by atoms with van der Waals surface area (Å²) in [6, 6.07) is 3.41. The standard InChI is InChI=1S/C15H13I2NO5S/c1-7(2)23-12(19)6-18-14(21)11(24-15(18)22)5-8-3-9(16)13(20)10(17)4-8/h3-5,7,20H,6H2,1-2H3/b11-5+. The van der Waals surface area contributed by atoms with Crippen LogP contribution in [0.5, 0.6) is 5.75 Å². The van der Waals surface area contributed by atoms with E-state index in [9.17, 15) is 19.5 Å². The summed E-state index contributed by atoms with van der Waals surface area (Å²) in [5.74, 6) is -0.969. The molecule has 0 atom stereocenters. The lowest BCUT2D eigenvalue weighted by molar-refractivity contribution is -0.149. The lowest BCUT2D eigenvalue weighted by Gasteiger charge is -2.13. The molecule has 128 valence electrons. The van der Waals surface area contributed by atoms with Gasteiger partial charge in [0.05, 0.1) is 18.1 Å². The van der Waals surface area contributed by atoms with Crippen LogP contribution in [0.25, 0.3) is 6.08 Å². The van der Waals surface area contributed by atoms with Crippen LogP contribution < -0.4 is 0 Å². The molecule has 0 bridgehead atoms. The van der Waals surface area contributed by atoms with Crippen molar-refractivity contribution in [2.75, 3.05) is 6.54 Å². The van der Waals surface area contributed by atoms with Crippen molar-refractivity contribution in [2.24, 2.45) is 0 Å². The molecule has 0 radical (unpaired) electrons. The maximum atomic E-state index is 12.3. The summed E-state index contributed by atoms with van der Waals surface area (Å²) >= 11 is 4.75. The van der Waals surface area contributed by atoms with Crippen molar-refractivity contribution in [2.45, 2.75) is 20.0 Å². The van der Waals surface area contributed by atoms with Gasteiger partial charge in [0.25, 0.3) is 11.1 Å². The third kappa shape index (κ3) is 4.63. The van der Waals surface area contributed by atoms with Crippen LogP contribution in [0.3, 0.4) is 0 Å². The third-order valence-corrected chi connectivity index (χ3v) is 5.42. The number of thioether (sulfide) groups is 1. The van der Waals surface area contributed by atoms with Gasteiger partial charge in [0.2, 0.25) is 0 Å². The van der Waals surface area contributed by atoms with Crippen LogP contribution in [0.15, 0.2) is 17.0 Å². The first kappa shape index (κ1) is 19.5. The number of carbonyl (C=O) groups is 3. The molecule has 2 amide bonds. The monoisotopic (exact) mass is 573 g/mol. The number of imide groups is 1. The quantitative estimate of drug-likeness (QED) is 0.337. The summed E-state index contributed by atoms with van der Waals surface area (Å²) in [7, 11) is 0. The van der Waals surface area contributed by atoms with Crippen molar-refractivity contribution in [3.05, 3.63) is 29.7 Å². The number of hydrogen-bond acceptors (Lipinski definition) is 6. The van der Waals surface area contributed by atoms with Crippen LogP contribution in [-0.2, 0) is 14.3 Å². The number of carbonyl (C=O) groups excluding carboxylic acids is 3. The number of phenolic OH excluding ortho intramolecular Hbond substituents is 1. The van der Waals surface area contributed by atoms with Crippen LogP contribution in [0.1, 0.15) is 19.4 Å². The summed E-state index contributed by atoms with van der Waals surface area (Å²) in [5, 5.41) is 9.27. The van der Waals surface area contributed by atoms with Crippen molar-refractivity contribution < 1.29 is 24.2 Å². The average Bonchev–Trinajstić information content (AvgIpc) is 2.71. The Morgan fingerprint density at radius 3 is 2.46 bits per heavy atom. The number of amides is 2. The van der Waals surface area contributed by atoms with E-state index in [0.29, 0.717) is 12.7 Å². The summed E-state index contributed by atoms with van der Waals surface area (Å²) in [5.41, 5.74) is 0.692. The predicted molar refractivity (Wildman–Crippen MR) is 107 cm³/mol. The summed E-state index contributed by atoms with van der Waals surface area (Å²) in [6.45, 7) is 2.99. The van der Waals surface area contributed by atoms with Crippen molar-refractivity contribution in [1.29, 1.82) is 0 Å². The number of phenols is 1. The normalized spacial score (nSPS) is 16.4. The largest absolute Gasteiger partial charge is 0.506 e. The van der Waals surface area contributed by atoms with Crippen molar-refractivity contribution in [3.63, 3.8) is 0 Å². The molecule has 0 unspecified atom stereocenters. The first-order valence-electron chi connectivity index (χ1n) is 6.82. The van der Waals surface area contributed by atoms with Gasteiger partial charge in [-0.3, -0.25) is 19.3 Å². The number of hydrogen-bond donors (Lipinski definition) is 1.